The van der Waals surface area contributed by atoms with Crippen molar-refractivity contribution in [2.24, 2.45) is 0 Å². The van der Waals surface area contributed by atoms with Crippen LogP contribution in [0.2, 0.25) is 0 Å². The van der Waals surface area contributed by atoms with Crippen LogP contribution < -0.4 is 4.74 Å². The predicted octanol–water partition coefficient (Wildman–Crippen LogP) is -0.371. The van der Waals surface area contributed by atoms with E-state index in [9.17, 15) is 4.79 Å². The van der Waals surface area contributed by atoms with Crippen molar-refractivity contribution in [3.8, 4) is 6.01 Å². The molecule has 1 amide bonds. The van der Waals surface area contributed by atoms with Crippen LogP contribution in [-0.2, 0) is 4.79 Å². The van der Waals surface area contributed by atoms with E-state index in [1.54, 1.807) is 18.5 Å². The largest absolute Gasteiger partial charge is 0.453 e. The zero-order chi connectivity index (χ0) is 12.1. The smallest absolute Gasteiger partial charge is 0.316 e. The Labute approximate surface area is 100 Å². The molecule has 0 atom stereocenters. The Morgan fingerprint density at radius 2 is 1.94 bits per heavy atom. The third-order valence-electron chi connectivity index (χ3n) is 2.72. The number of likely N-dealkylation sites (N-methyl/N-ethyl adjacent to an activating group) is 1. The maximum absolute atomic E-state index is 11.8. The lowest BCUT2D eigenvalue weighted by atomic mass is 10.3. The molecule has 2 rings (SSSR count). The van der Waals surface area contributed by atoms with Crippen LogP contribution in [0.3, 0.4) is 0 Å². The molecule has 1 aliphatic rings. The van der Waals surface area contributed by atoms with E-state index in [2.05, 4.69) is 21.9 Å². The highest BCUT2D eigenvalue weighted by Crippen LogP contribution is 2.02. The van der Waals surface area contributed by atoms with Gasteiger partial charge < -0.3 is 14.5 Å². The summed E-state index contributed by atoms with van der Waals surface area (Å²) >= 11 is 0. The highest BCUT2D eigenvalue weighted by atomic mass is 16.5. The summed E-state index contributed by atoms with van der Waals surface area (Å²) in [6, 6.07) is 1.95. The van der Waals surface area contributed by atoms with Crippen molar-refractivity contribution in [1.29, 1.82) is 0 Å². The highest BCUT2D eigenvalue weighted by Gasteiger charge is 2.19. The molecule has 0 spiro atoms. The van der Waals surface area contributed by atoms with Gasteiger partial charge in [0, 0.05) is 38.6 Å². The molecule has 0 unspecified atom stereocenters. The topological polar surface area (TPSA) is 58.6 Å². The van der Waals surface area contributed by atoms with Gasteiger partial charge in [-0.25, -0.2) is 9.97 Å². The molecule has 0 radical (unpaired) electrons. The number of rotatable bonds is 3. The molecule has 0 aromatic carbocycles. The third-order valence-corrected chi connectivity index (χ3v) is 2.72. The van der Waals surface area contributed by atoms with Gasteiger partial charge in [0.05, 0.1) is 0 Å². The number of carbonyl (C=O) groups excluding carboxylic acids is 1. The van der Waals surface area contributed by atoms with E-state index in [0.717, 1.165) is 26.2 Å². The average molecular weight is 236 g/mol. The lowest BCUT2D eigenvalue weighted by Gasteiger charge is -2.32. The Hall–Kier alpha value is -1.69. The van der Waals surface area contributed by atoms with E-state index in [1.165, 1.54) is 0 Å². The SMILES string of the molecule is CN1CCN(C(=O)COc2ncccn2)CC1. The minimum atomic E-state index is -0.00875. The summed E-state index contributed by atoms with van der Waals surface area (Å²) in [6.45, 7) is 3.34. The van der Waals surface area contributed by atoms with Gasteiger partial charge in [-0.15, -0.1) is 0 Å². The zero-order valence-electron chi connectivity index (χ0n) is 9.87. The molecule has 1 aliphatic heterocycles. The molecule has 92 valence electrons. The zero-order valence-corrected chi connectivity index (χ0v) is 9.87. The molecule has 0 bridgehead atoms. The molecule has 1 aromatic rings. The van der Waals surface area contributed by atoms with Gasteiger partial charge in [-0.1, -0.05) is 0 Å². The van der Waals surface area contributed by atoms with E-state index in [0.29, 0.717) is 0 Å². The Kier molecular flexibility index (Phi) is 3.87. The molecule has 17 heavy (non-hydrogen) atoms. The minimum absolute atomic E-state index is 0.00767. The van der Waals surface area contributed by atoms with E-state index in [1.807, 2.05) is 4.90 Å². The van der Waals surface area contributed by atoms with E-state index < -0.39 is 0 Å². The Morgan fingerprint density at radius 3 is 2.59 bits per heavy atom. The van der Waals surface area contributed by atoms with Gasteiger partial charge in [0.1, 0.15) is 0 Å². The second-order valence-corrected chi connectivity index (χ2v) is 4.00. The van der Waals surface area contributed by atoms with Crippen molar-refractivity contribution in [2.75, 3.05) is 39.8 Å². The molecule has 1 aromatic heterocycles. The number of nitrogens with zero attached hydrogens (tertiary/aromatic N) is 4. The van der Waals surface area contributed by atoms with Gasteiger partial charge in [0.2, 0.25) is 0 Å². The number of ether oxygens (including phenoxy) is 1. The number of hydrogen-bond donors (Lipinski definition) is 0. The van der Waals surface area contributed by atoms with Crippen LogP contribution in [0.25, 0.3) is 0 Å². The number of piperazine rings is 1. The average Bonchev–Trinajstić information content (AvgIpc) is 2.38. The normalized spacial score (nSPS) is 16.9. The summed E-state index contributed by atoms with van der Waals surface area (Å²) in [4.78, 5) is 23.6. The molecule has 2 heterocycles. The molecular formula is C11H16N4O2. The molecule has 1 saturated heterocycles. The predicted molar refractivity (Wildman–Crippen MR) is 61.6 cm³/mol. The quantitative estimate of drug-likeness (QED) is 0.716. The number of carbonyl (C=O) groups is 1. The lowest BCUT2D eigenvalue weighted by Crippen LogP contribution is -2.48. The Morgan fingerprint density at radius 1 is 1.29 bits per heavy atom. The van der Waals surface area contributed by atoms with Crippen molar-refractivity contribution in [2.45, 2.75) is 0 Å². The van der Waals surface area contributed by atoms with Gasteiger partial charge in [-0.2, -0.15) is 0 Å². The summed E-state index contributed by atoms with van der Waals surface area (Å²) in [7, 11) is 2.05. The molecular weight excluding hydrogens is 220 g/mol. The fourth-order valence-corrected chi connectivity index (χ4v) is 1.63. The fourth-order valence-electron chi connectivity index (χ4n) is 1.63. The van der Waals surface area contributed by atoms with Gasteiger partial charge in [-0.3, -0.25) is 4.79 Å². The van der Waals surface area contributed by atoms with Crippen molar-refractivity contribution in [1.82, 2.24) is 19.8 Å². The maximum atomic E-state index is 11.8. The second-order valence-electron chi connectivity index (χ2n) is 4.00. The first-order valence-corrected chi connectivity index (χ1v) is 5.62. The first kappa shape index (κ1) is 11.8. The van der Waals surface area contributed by atoms with Crippen LogP contribution in [-0.4, -0.2) is 65.5 Å². The summed E-state index contributed by atoms with van der Waals surface area (Å²) in [6.07, 6.45) is 3.17. The van der Waals surface area contributed by atoms with Gasteiger partial charge in [0.25, 0.3) is 5.91 Å². The van der Waals surface area contributed by atoms with Gasteiger partial charge in [-0.05, 0) is 13.1 Å². The first-order valence-electron chi connectivity index (χ1n) is 5.62. The minimum Gasteiger partial charge on any atom is -0.453 e. The van der Waals surface area contributed by atoms with Crippen molar-refractivity contribution in [3.63, 3.8) is 0 Å². The van der Waals surface area contributed by atoms with Crippen LogP contribution in [0, 0.1) is 0 Å². The highest BCUT2D eigenvalue weighted by molar-refractivity contribution is 5.77. The van der Waals surface area contributed by atoms with Crippen molar-refractivity contribution in [3.05, 3.63) is 18.5 Å². The number of aromatic nitrogens is 2. The third kappa shape index (κ3) is 3.39. The Bertz CT molecular complexity index is 363. The Balaban J connectivity index is 1.78. The van der Waals surface area contributed by atoms with Crippen LogP contribution in [0.5, 0.6) is 6.01 Å². The standard InChI is InChI=1S/C11H16N4O2/c1-14-5-7-15(8-6-14)10(16)9-17-11-12-3-2-4-13-11/h2-4H,5-9H2,1H3. The summed E-state index contributed by atoms with van der Waals surface area (Å²) < 4.78 is 5.22. The molecule has 0 saturated carbocycles. The summed E-state index contributed by atoms with van der Waals surface area (Å²) in [5.41, 5.74) is 0. The first-order chi connectivity index (χ1) is 8.25. The molecule has 0 N–H and O–H groups in total. The molecule has 6 nitrogen and oxygen atoms in total. The van der Waals surface area contributed by atoms with Crippen molar-refractivity contribution >= 4 is 5.91 Å². The molecule has 0 aliphatic carbocycles. The fraction of sp³-hybridized carbons (Fsp3) is 0.545. The molecule has 6 heteroatoms. The summed E-state index contributed by atoms with van der Waals surface area (Å²) in [5, 5.41) is 0. The van der Waals surface area contributed by atoms with Crippen LogP contribution in [0.4, 0.5) is 0 Å². The van der Waals surface area contributed by atoms with Gasteiger partial charge in [0.15, 0.2) is 6.61 Å². The van der Waals surface area contributed by atoms with E-state index in [-0.39, 0.29) is 18.5 Å². The van der Waals surface area contributed by atoms with Gasteiger partial charge >= 0.3 is 6.01 Å². The lowest BCUT2D eigenvalue weighted by molar-refractivity contribution is -0.135. The second kappa shape index (κ2) is 5.58. The molecule has 1 fully saturated rings. The number of amides is 1. The van der Waals surface area contributed by atoms with E-state index >= 15 is 0 Å². The van der Waals surface area contributed by atoms with Crippen LogP contribution >= 0.6 is 0 Å². The maximum Gasteiger partial charge on any atom is 0.316 e. The summed E-state index contributed by atoms with van der Waals surface area (Å²) in [5.74, 6) is -0.00875. The number of hydrogen-bond acceptors (Lipinski definition) is 5. The van der Waals surface area contributed by atoms with Crippen LogP contribution in [0.15, 0.2) is 18.5 Å². The monoisotopic (exact) mass is 236 g/mol. The van der Waals surface area contributed by atoms with E-state index in [4.69, 9.17) is 4.74 Å². The van der Waals surface area contributed by atoms with Crippen LogP contribution in [0.1, 0.15) is 0 Å². The van der Waals surface area contributed by atoms with Crippen molar-refractivity contribution < 1.29 is 9.53 Å².